The second-order valence-corrected chi connectivity index (χ2v) is 6.54. The molecule has 2 heterocycles. The Morgan fingerprint density at radius 2 is 2.10 bits per heavy atom. The van der Waals surface area contributed by atoms with Crippen molar-refractivity contribution < 1.29 is 10.2 Å². The third kappa shape index (κ3) is 3.17. The average Bonchev–Trinajstić information content (AvgIpc) is 2.95. The van der Waals surface area contributed by atoms with Gasteiger partial charge in [0.1, 0.15) is 5.82 Å². The molecule has 6 heteroatoms. The summed E-state index contributed by atoms with van der Waals surface area (Å²) in [6.45, 7) is 3.36. The average molecular weight is 293 g/mol. The molecule has 1 aliphatic heterocycles. The zero-order valence-corrected chi connectivity index (χ0v) is 12.4. The molecule has 1 aromatic heterocycles. The molecule has 3 N–H and O–H groups in total. The number of hydrogen-bond donors (Lipinski definition) is 3. The van der Waals surface area contributed by atoms with Gasteiger partial charge in [-0.2, -0.15) is 0 Å². The van der Waals surface area contributed by atoms with Crippen LogP contribution in [0.15, 0.2) is 4.79 Å². The van der Waals surface area contributed by atoms with E-state index in [1.54, 1.807) is 6.92 Å². The summed E-state index contributed by atoms with van der Waals surface area (Å²) in [6.07, 6.45) is 3.49. The van der Waals surface area contributed by atoms with Gasteiger partial charge in [0.15, 0.2) is 0 Å². The molecule has 0 aromatic carbocycles. The molecule has 0 bridgehead atoms. The number of nitrogens with zero attached hydrogens (tertiary/aromatic N) is 2. The topological polar surface area (TPSA) is 89.5 Å². The molecule has 1 aliphatic carbocycles. The molecule has 116 valence electrons. The Bertz CT molecular complexity index is 578. The number of rotatable bonds is 4. The Balaban J connectivity index is 1.60. The summed E-state index contributed by atoms with van der Waals surface area (Å²) in [5.41, 5.74) is 0.734. The minimum atomic E-state index is -0.696. The number of aliphatic hydroxyl groups excluding tert-OH is 1. The molecule has 0 amide bonds. The van der Waals surface area contributed by atoms with Gasteiger partial charge in [0.05, 0.1) is 23.0 Å². The van der Waals surface area contributed by atoms with Crippen LogP contribution in [0.4, 0.5) is 0 Å². The Kier molecular flexibility index (Phi) is 3.86. The van der Waals surface area contributed by atoms with Crippen LogP contribution in [0, 0.1) is 6.92 Å². The van der Waals surface area contributed by atoms with E-state index in [9.17, 15) is 15.0 Å². The predicted molar refractivity (Wildman–Crippen MR) is 77.8 cm³/mol. The summed E-state index contributed by atoms with van der Waals surface area (Å²) in [5, 5.41) is 20.6. The van der Waals surface area contributed by atoms with Crippen molar-refractivity contribution >= 4 is 0 Å². The first-order valence-electron chi connectivity index (χ1n) is 7.67. The van der Waals surface area contributed by atoms with Gasteiger partial charge in [-0.15, -0.1) is 0 Å². The van der Waals surface area contributed by atoms with E-state index in [1.807, 2.05) is 4.90 Å². The molecule has 1 aromatic rings. The molecule has 1 unspecified atom stereocenters. The SMILES string of the molecule is Cc1nc2c(c(=O)[nH]1)CN(CC(O)CC1(O)CCCC1)C2. The maximum atomic E-state index is 11.9. The van der Waals surface area contributed by atoms with Gasteiger partial charge >= 0.3 is 0 Å². The zero-order chi connectivity index (χ0) is 15.0. The van der Waals surface area contributed by atoms with Crippen LogP contribution in [0.5, 0.6) is 0 Å². The van der Waals surface area contributed by atoms with Gasteiger partial charge in [0, 0.05) is 26.1 Å². The Labute approximate surface area is 123 Å². The van der Waals surface area contributed by atoms with Crippen LogP contribution in [0.2, 0.25) is 0 Å². The minimum absolute atomic E-state index is 0.0797. The van der Waals surface area contributed by atoms with Crippen LogP contribution in [-0.2, 0) is 13.1 Å². The molecular formula is C15H23N3O3. The van der Waals surface area contributed by atoms with Crippen LogP contribution in [-0.4, -0.2) is 43.3 Å². The van der Waals surface area contributed by atoms with Crippen molar-refractivity contribution in [2.24, 2.45) is 0 Å². The number of hydrogen-bond acceptors (Lipinski definition) is 5. The quantitative estimate of drug-likeness (QED) is 0.750. The third-order valence-electron chi connectivity index (χ3n) is 4.59. The molecule has 2 aliphatic rings. The summed E-state index contributed by atoms with van der Waals surface area (Å²) in [4.78, 5) is 21.0. The fraction of sp³-hybridized carbons (Fsp3) is 0.733. The maximum absolute atomic E-state index is 11.9. The van der Waals surface area contributed by atoms with E-state index < -0.39 is 11.7 Å². The fourth-order valence-corrected chi connectivity index (χ4v) is 3.62. The second-order valence-electron chi connectivity index (χ2n) is 6.54. The van der Waals surface area contributed by atoms with Gasteiger partial charge in [-0.05, 0) is 19.8 Å². The predicted octanol–water partition coefficient (Wildman–Crippen LogP) is 0.450. The van der Waals surface area contributed by atoms with Crippen LogP contribution >= 0.6 is 0 Å². The van der Waals surface area contributed by atoms with E-state index in [-0.39, 0.29) is 5.56 Å². The summed E-state index contributed by atoms with van der Waals surface area (Å²) in [7, 11) is 0. The Morgan fingerprint density at radius 3 is 2.81 bits per heavy atom. The number of fused-ring (bicyclic) bond motifs is 1. The van der Waals surface area contributed by atoms with Gasteiger partial charge in [-0.1, -0.05) is 12.8 Å². The lowest BCUT2D eigenvalue weighted by atomic mass is 9.94. The largest absolute Gasteiger partial charge is 0.392 e. The lowest BCUT2D eigenvalue weighted by Crippen LogP contribution is -2.36. The number of aromatic nitrogens is 2. The first kappa shape index (κ1) is 14.7. The molecule has 0 saturated heterocycles. The van der Waals surface area contributed by atoms with E-state index in [1.165, 1.54) is 0 Å². The first-order chi connectivity index (χ1) is 9.95. The standard InChI is InChI=1S/C15H23N3O3/c1-10-16-13-9-18(8-12(13)14(20)17-10)7-11(19)6-15(21)4-2-3-5-15/h11,19,21H,2-9H2,1H3,(H,16,17,20). The van der Waals surface area contributed by atoms with Crippen molar-refractivity contribution in [2.45, 2.75) is 63.8 Å². The third-order valence-corrected chi connectivity index (χ3v) is 4.59. The Morgan fingerprint density at radius 1 is 1.38 bits per heavy atom. The van der Waals surface area contributed by atoms with Crippen LogP contribution in [0.3, 0.4) is 0 Å². The molecule has 0 spiro atoms. The number of aryl methyl sites for hydroxylation is 1. The van der Waals surface area contributed by atoms with Gasteiger partial charge in [0.25, 0.3) is 5.56 Å². The number of H-pyrrole nitrogens is 1. The van der Waals surface area contributed by atoms with E-state index in [0.29, 0.717) is 37.4 Å². The minimum Gasteiger partial charge on any atom is -0.392 e. The normalized spacial score (nSPS) is 22.4. The highest BCUT2D eigenvalue weighted by Gasteiger charge is 2.34. The number of aliphatic hydroxyl groups is 2. The molecule has 0 radical (unpaired) electrons. The van der Waals surface area contributed by atoms with E-state index in [0.717, 1.165) is 31.4 Å². The van der Waals surface area contributed by atoms with Crippen molar-refractivity contribution in [2.75, 3.05) is 6.54 Å². The highest BCUT2D eigenvalue weighted by atomic mass is 16.3. The smallest absolute Gasteiger partial charge is 0.255 e. The van der Waals surface area contributed by atoms with E-state index in [4.69, 9.17) is 0 Å². The molecular weight excluding hydrogens is 270 g/mol. The summed E-state index contributed by atoms with van der Waals surface area (Å²) < 4.78 is 0. The van der Waals surface area contributed by atoms with Crippen molar-refractivity contribution in [3.63, 3.8) is 0 Å². The molecule has 3 rings (SSSR count). The van der Waals surface area contributed by atoms with Gasteiger partial charge in [-0.25, -0.2) is 4.98 Å². The lowest BCUT2D eigenvalue weighted by molar-refractivity contribution is -0.0156. The van der Waals surface area contributed by atoms with Crippen LogP contribution in [0.25, 0.3) is 0 Å². The van der Waals surface area contributed by atoms with Crippen molar-refractivity contribution in [1.29, 1.82) is 0 Å². The summed E-state index contributed by atoms with van der Waals surface area (Å²) in [6, 6.07) is 0. The molecule has 21 heavy (non-hydrogen) atoms. The van der Waals surface area contributed by atoms with Crippen LogP contribution in [0.1, 0.15) is 49.2 Å². The van der Waals surface area contributed by atoms with E-state index in [2.05, 4.69) is 9.97 Å². The highest BCUT2D eigenvalue weighted by Crippen LogP contribution is 2.33. The second kappa shape index (κ2) is 5.51. The molecule has 1 fully saturated rings. The van der Waals surface area contributed by atoms with Crippen molar-refractivity contribution in [3.05, 3.63) is 27.4 Å². The first-order valence-corrected chi connectivity index (χ1v) is 7.67. The molecule has 6 nitrogen and oxygen atoms in total. The fourth-order valence-electron chi connectivity index (χ4n) is 3.62. The number of aromatic amines is 1. The number of nitrogens with one attached hydrogen (secondary N) is 1. The molecule has 1 atom stereocenters. The molecule has 1 saturated carbocycles. The van der Waals surface area contributed by atoms with Gasteiger partial charge in [0.2, 0.25) is 0 Å². The van der Waals surface area contributed by atoms with Crippen LogP contribution < -0.4 is 5.56 Å². The van der Waals surface area contributed by atoms with Gasteiger partial charge in [-0.3, -0.25) is 9.69 Å². The highest BCUT2D eigenvalue weighted by molar-refractivity contribution is 5.21. The van der Waals surface area contributed by atoms with Crippen molar-refractivity contribution in [1.82, 2.24) is 14.9 Å². The lowest BCUT2D eigenvalue weighted by Gasteiger charge is -2.27. The Hall–Kier alpha value is -1.24. The maximum Gasteiger partial charge on any atom is 0.255 e. The summed E-state index contributed by atoms with van der Waals surface area (Å²) >= 11 is 0. The zero-order valence-electron chi connectivity index (χ0n) is 12.4. The number of β-amino-alcohol motifs (C(OH)–C–C–N with tert-alkyl or cyclic N) is 1. The van der Waals surface area contributed by atoms with Gasteiger partial charge < -0.3 is 15.2 Å². The van der Waals surface area contributed by atoms with E-state index >= 15 is 0 Å². The summed E-state index contributed by atoms with van der Waals surface area (Å²) in [5.74, 6) is 0.626. The van der Waals surface area contributed by atoms with Crippen molar-refractivity contribution in [3.8, 4) is 0 Å². The monoisotopic (exact) mass is 293 g/mol.